The largest absolute Gasteiger partial charge is 0.479 e. The van der Waals surface area contributed by atoms with Gasteiger partial charge in [0.05, 0.1) is 4.92 Å². The number of fused-ring (bicyclic) bond motifs is 1. The van der Waals surface area contributed by atoms with Gasteiger partial charge in [0, 0.05) is 23.7 Å². The van der Waals surface area contributed by atoms with Gasteiger partial charge in [-0.3, -0.25) is 14.9 Å². The number of benzene rings is 2. The van der Waals surface area contributed by atoms with E-state index < -0.39 is 22.8 Å². The summed E-state index contributed by atoms with van der Waals surface area (Å²) < 4.78 is 0. The third-order valence-electron chi connectivity index (χ3n) is 4.75. The molecule has 2 aromatic carbocycles. The van der Waals surface area contributed by atoms with E-state index in [9.17, 15) is 24.8 Å². The molecule has 0 fully saturated rings. The van der Waals surface area contributed by atoms with Crippen molar-refractivity contribution in [1.29, 1.82) is 0 Å². The van der Waals surface area contributed by atoms with Gasteiger partial charge in [0.25, 0.3) is 11.6 Å². The lowest BCUT2D eigenvalue weighted by molar-refractivity contribution is -0.385. The number of rotatable bonds is 3. The van der Waals surface area contributed by atoms with E-state index in [0.29, 0.717) is 23.1 Å². The summed E-state index contributed by atoms with van der Waals surface area (Å²) in [6.45, 7) is 3.54. The lowest BCUT2D eigenvalue weighted by Gasteiger charge is -2.35. The second-order valence-corrected chi connectivity index (χ2v) is 6.40. The Morgan fingerprint density at radius 3 is 2.54 bits per heavy atom. The van der Waals surface area contributed by atoms with E-state index in [4.69, 9.17) is 0 Å². The molecule has 1 atom stereocenters. The molecule has 7 heteroatoms. The molecule has 2 aromatic rings. The van der Waals surface area contributed by atoms with Crippen LogP contribution in [0.3, 0.4) is 0 Å². The minimum absolute atomic E-state index is 0.150. The SMILES string of the molecule is Cc1cc(C)c([N+](=O)[O-])cc1C(=O)N1CCc2ccccc2C1C(=O)O. The molecule has 1 N–H and O–H groups in total. The number of aryl methyl sites for hydroxylation is 2. The lowest BCUT2D eigenvalue weighted by Crippen LogP contribution is -2.43. The van der Waals surface area contributed by atoms with Crippen molar-refractivity contribution in [1.82, 2.24) is 4.90 Å². The number of carboxylic acid groups (broad SMARTS) is 1. The molecule has 1 heterocycles. The van der Waals surface area contributed by atoms with E-state index in [2.05, 4.69) is 0 Å². The molecule has 0 aliphatic carbocycles. The first-order valence-electron chi connectivity index (χ1n) is 8.18. The van der Waals surface area contributed by atoms with Gasteiger partial charge in [-0.2, -0.15) is 0 Å². The number of nitrogens with zero attached hydrogens (tertiary/aromatic N) is 2. The highest BCUT2D eigenvalue weighted by Gasteiger charge is 2.37. The van der Waals surface area contributed by atoms with Gasteiger partial charge in [-0.15, -0.1) is 0 Å². The number of carbonyl (C=O) groups excluding carboxylic acids is 1. The molecule has 0 spiro atoms. The van der Waals surface area contributed by atoms with Gasteiger partial charge < -0.3 is 10.0 Å². The van der Waals surface area contributed by atoms with Crippen molar-refractivity contribution in [3.8, 4) is 0 Å². The predicted octanol–water partition coefficient (Wildman–Crippen LogP) is 3.04. The van der Waals surface area contributed by atoms with Gasteiger partial charge in [0.1, 0.15) is 0 Å². The highest BCUT2D eigenvalue weighted by atomic mass is 16.6. The van der Waals surface area contributed by atoms with Crippen molar-refractivity contribution in [2.45, 2.75) is 26.3 Å². The summed E-state index contributed by atoms with van der Waals surface area (Å²) in [5.74, 6) is -1.63. The smallest absolute Gasteiger partial charge is 0.331 e. The van der Waals surface area contributed by atoms with E-state index in [1.54, 1.807) is 32.0 Å². The average Bonchev–Trinajstić information content (AvgIpc) is 2.59. The van der Waals surface area contributed by atoms with Crippen molar-refractivity contribution < 1.29 is 19.6 Å². The van der Waals surface area contributed by atoms with Crippen molar-refractivity contribution in [2.24, 2.45) is 0 Å². The monoisotopic (exact) mass is 354 g/mol. The van der Waals surface area contributed by atoms with Crippen molar-refractivity contribution >= 4 is 17.6 Å². The maximum Gasteiger partial charge on any atom is 0.331 e. The molecule has 3 rings (SSSR count). The average molecular weight is 354 g/mol. The van der Waals surface area contributed by atoms with Crippen LogP contribution >= 0.6 is 0 Å². The molecular formula is C19H18N2O5. The van der Waals surface area contributed by atoms with Crippen LogP contribution in [0.5, 0.6) is 0 Å². The van der Waals surface area contributed by atoms with Crippen LogP contribution in [0.2, 0.25) is 0 Å². The Kier molecular flexibility index (Phi) is 4.46. The van der Waals surface area contributed by atoms with E-state index in [0.717, 1.165) is 5.56 Å². The quantitative estimate of drug-likeness (QED) is 0.674. The molecular weight excluding hydrogens is 336 g/mol. The van der Waals surface area contributed by atoms with Gasteiger partial charge in [-0.25, -0.2) is 4.79 Å². The summed E-state index contributed by atoms with van der Waals surface area (Å²) in [5, 5.41) is 20.9. The second-order valence-electron chi connectivity index (χ2n) is 6.40. The Labute approximate surface area is 150 Å². The van der Waals surface area contributed by atoms with Gasteiger partial charge >= 0.3 is 5.97 Å². The predicted molar refractivity (Wildman–Crippen MR) is 94.1 cm³/mol. The third kappa shape index (κ3) is 2.92. The van der Waals surface area contributed by atoms with E-state index in [-0.39, 0.29) is 17.8 Å². The molecule has 1 aliphatic heterocycles. The minimum atomic E-state index is -1.12. The number of carbonyl (C=O) groups is 2. The normalized spacial score (nSPS) is 16.1. The van der Waals surface area contributed by atoms with Crippen LogP contribution in [0, 0.1) is 24.0 Å². The van der Waals surface area contributed by atoms with Crippen molar-refractivity contribution in [2.75, 3.05) is 6.54 Å². The fraction of sp³-hybridized carbons (Fsp3) is 0.263. The van der Waals surface area contributed by atoms with Crippen LogP contribution in [0.1, 0.15) is 38.7 Å². The fourth-order valence-electron chi connectivity index (χ4n) is 3.47. The summed E-state index contributed by atoms with van der Waals surface area (Å²) >= 11 is 0. The molecule has 1 amide bonds. The standard InChI is InChI=1S/C19H18N2O5/c1-11-9-12(2)16(21(25)26)10-15(11)18(22)20-8-7-13-5-3-4-6-14(13)17(20)19(23)24/h3-6,9-10,17H,7-8H2,1-2H3,(H,23,24). The zero-order valence-electron chi connectivity index (χ0n) is 14.4. The summed E-state index contributed by atoms with van der Waals surface area (Å²) in [7, 11) is 0. The van der Waals surface area contributed by atoms with Crippen LogP contribution in [0.4, 0.5) is 5.69 Å². The zero-order chi connectivity index (χ0) is 19.0. The number of nitro groups is 1. The minimum Gasteiger partial charge on any atom is -0.479 e. The van der Waals surface area contributed by atoms with E-state index in [1.807, 2.05) is 12.1 Å². The van der Waals surface area contributed by atoms with Gasteiger partial charge in [-0.05, 0) is 43.0 Å². The van der Waals surface area contributed by atoms with E-state index >= 15 is 0 Å². The van der Waals surface area contributed by atoms with Crippen LogP contribution in [-0.2, 0) is 11.2 Å². The fourth-order valence-corrected chi connectivity index (χ4v) is 3.47. The molecule has 26 heavy (non-hydrogen) atoms. The first-order valence-corrected chi connectivity index (χ1v) is 8.18. The lowest BCUT2D eigenvalue weighted by atomic mass is 9.91. The highest BCUT2D eigenvalue weighted by Crippen LogP contribution is 2.32. The van der Waals surface area contributed by atoms with Crippen LogP contribution in [0.15, 0.2) is 36.4 Å². The van der Waals surface area contributed by atoms with Crippen LogP contribution in [0.25, 0.3) is 0 Å². The van der Waals surface area contributed by atoms with Gasteiger partial charge in [-0.1, -0.05) is 24.3 Å². The molecule has 134 valence electrons. The number of amides is 1. The third-order valence-corrected chi connectivity index (χ3v) is 4.75. The Balaban J connectivity index is 2.06. The molecule has 0 saturated heterocycles. The second kappa shape index (κ2) is 6.59. The maximum atomic E-state index is 13.1. The number of hydrogen-bond donors (Lipinski definition) is 1. The van der Waals surface area contributed by atoms with Gasteiger partial charge in [0.2, 0.25) is 0 Å². The first-order chi connectivity index (χ1) is 12.3. The summed E-state index contributed by atoms with van der Waals surface area (Å²) in [6.07, 6.45) is 0.540. The number of aliphatic carboxylic acids is 1. The highest BCUT2D eigenvalue weighted by molar-refractivity contribution is 5.99. The maximum absolute atomic E-state index is 13.1. The number of carboxylic acids is 1. The van der Waals surface area contributed by atoms with Crippen LogP contribution < -0.4 is 0 Å². The molecule has 0 aromatic heterocycles. The topological polar surface area (TPSA) is 101 Å². The summed E-state index contributed by atoms with van der Waals surface area (Å²) in [4.78, 5) is 36.9. The zero-order valence-corrected chi connectivity index (χ0v) is 14.4. The van der Waals surface area contributed by atoms with Crippen LogP contribution in [-0.4, -0.2) is 33.4 Å². The summed E-state index contributed by atoms with van der Waals surface area (Å²) in [5.41, 5.74) is 2.54. The molecule has 0 radical (unpaired) electrons. The Bertz CT molecular complexity index is 922. The first kappa shape index (κ1) is 17.6. The van der Waals surface area contributed by atoms with Gasteiger partial charge in [0.15, 0.2) is 6.04 Å². The molecule has 7 nitrogen and oxygen atoms in total. The Morgan fingerprint density at radius 2 is 1.88 bits per heavy atom. The van der Waals surface area contributed by atoms with Crippen molar-refractivity contribution in [3.63, 3.8) is 0 Å². The number of nitro benzene ring substituents is 1. The molecule has 1 unspecified atom stereocenters. The van der Waals surface area contributed by atoms with Crippen molar-refractivity contribution in [3.05, 3.63) is 74.3 Å². The molecule has 0 bridgehead atoms. The summed E-state index contributed by atoms with van der Waals surface area (Å²) in [6, 6.07) is 8.86. The Hall–Kier alpha value is -3.22. The molecule has 0 saturated carbocycles. The van der Waals surface area contributed by atoms with E-state index in [1.165, 1.54) is 11.0 Å². The number of hydrogen-bond acceptors (Lipinski definition) is 4. The molecule has 1 aliphatic rings. The Morgan fingerprint density at radius 1 is 1.19 bits per heavy atom.